The van der Waals surface area contributed by atoms with E-state index in [4.69, 9.17) is 0 Å². The predicted octanol–water partition coefficient (Wildman–Crippen LogP) is 4.89. The van der Waals surface area contributed by atoms with Crippen LogP contribution in [0.5, 0.6) is 0 Å². The van der Waals surface area contributed by atoms with E-state index < -0.39 is 21.6 Å². The van der Waals surface area contributed by atoms with Gasteiger partial charge in [-0.15, -0.1) is 0 Å². The van der Waals surface area contributed by atoms with Crippen molar-refractivity contribution in [3.05, 3.63) is 90.1 Å². The number of amides is 2. The molecule has 1 atom stereocenters. The number of piperidine rings is 1. The first-order chi connectivity index (χ1) is 24.3. The molecule has 0 spiro atoms. The minimum Gasteiger partial charge on any atom is -0.374 e. The predicted molar refractivity (Wildman–Crippen MR) is 200 cm³/mol. The lowest BCUT2D eigenvalue weighted by Crippen LogP contribution is -2.47. The molecule has 3 heterocycles. The van der Waals surface area contributed by atoms with E-state index in [1.54, 1.807) is 51.2 Å². The van der Waals surface area contributed by atoms with Gasteiger partial charge >= 0.3 is 0 Å². The molecule has 1 aromatic heterocycles. The van der Waals surface area contributed by atoms with E-state index in [0.29, 0.717) is 30.3 Å². The van der Waals surface area contributed by atoms with Gasteiger partial charge in [-0.05, 0) is 94.3 Å². The molecule has 51 heavy (non-hydrogen) atoms. The lowest BCUT2D eigenvalue weighted by molar-refractivity contribution is -0.133. The van der Waals surface area contributed by atoms with Gasteiger partial charge in [0.25, 0.3) is 0 Å². The van der Waals surface area contributed by atoms with Gasteiger partial charge in [0.15, 0.2) is 0 Å². The summed E-state index contributed by atoms with van der Waals surface area (Å²) < 4.78 is 28.4. The van der Waals surface area contributed by atoms with E-state index in [1.807, 2.05) is 31.2 Å². The highest BCUT2D eigenvalue weighted by atomic mass is 32.2. The van der Waals surface area contributed by atoms with Crippen LogP contribution in [-0.4, -0.2) is 72.9 Å². The quantitative estimate of drug-likeness (QED) is 0.135. The molecule has 6 rings (SSSR count). The minimum atomic E-state index is -3.69. The highest BCUT2D eigenvalue weighted by molar-refractivity contribution is 7.89. The number of nitrogens with one attached hydrogen (secondary N) is 5. The third kappa shape index (κ3) is 9.60. The van der Waals surface area contributed by atoms with Crippen LogP contribution >= 0.6 is 0 Å². The van der Waals surface area contributed by atoms with Crippen molar-refractivity contribution in [2.75, 3.05) is 47.0 Å². The average Bonchev–Trinajstić information content (AvgIpc) is 3.08. The zero-order valence-corrected chi connectivity index (χ0v) is 30.2. The number of hydrogen-bond donors (Lipinski definition) is 5. The number of benzene rings is 3. The Morgan fingerprint density at radius 1 is 0.882 bits per heavy atom. The number of hydrogen-bond acceptors (Lipinski definition) is 11. The summed E-state index contributed by atoms with van der Waals surface area (Å²) >= 11 is 0. The SMILES string of the molecule is Cc1cnc(Nc2ccc(N3CCN(Cc4cccc(NC5CCC(=O)NC5=O)c4)CC3)cc2)nc1Nc1cccc(S(=O)(=O)NC(C)(C)C)c1. The maximum absolute atomic E-state index is 12.9. The Bertz CT molecular complexity index is 1990. The van der Waals surface area contributed by atoms with Crippen molar-refractivity contribution in [3.8, 4) is 0 Å². The van der Waals surface area contributed by atoms with Gasteiger partial charge in [0.2, 0.25) is 27.8 Å². The number of sulfonamides is 1. The first kappa shape index (κ1) is 35.8. The number of anilines is 6. The first-order valence-electron chi connectivity index (χ1n) is 17.1. The van der Waals surface area contributed by atoms with E-state index in [-0.39, 0.29) is 16.7 Å². The number of rotatable bonds is 11. The van der Waals surface area contributed by atoms with Gasteiger partial charge in [-0.1, -0.05) is 18.2 Å². The maximum atomic E-state index is 12.9. The highest BCUT2D eigenvalue weighted by Gasteiger charge is 2.26. The molecule has 13 nitrogen and oxygen atoms in total. The Morgan fingerprint density at radius 2 is 1.61 bits per heavy atom. The fourth-order valence-corrected chi connectivity index (χ4v) is 7.53. The summed E-state index contributed by atoms with van der Waals surface area (Å²) in [5.74, 6) is 0.494. The number of nitrogens with zero attached hydrogens (tertiary/aromatic N) is 4. The monoisotopic (exact) mass is 711 g/mol. The molecule has 2 aliphatic rings. The lowest BCUT2D eigenvalue weighted by atomic mass is 10.1. The first-order valence-corrected chi connectivity index (χ1v) is 18.6. The fourth-order valence-electron chi connectivity index (χ4n) is 6.07. The molecule has 4 aromatic rings. The van der Waals surface area contributed by atoms with Crippen molar-refractivity contribution in [2.45, 2.75) is 63.6 Å². The van der Waals surface area contributed by atoms with Crippen molar-refractivity contribution >= 4 is 56.4 Å². The average molecular weight is 712 g/mol. The second-order valence-corrected chi connectivity index (χ2v) is 15.7. The van der Waals surface area contributed by atoms with E-state index in [9.17, 15) is 18.0 Å². The Hall–Kier alpha value is -5.05. The van der Waals surface area contributed by atoms with E-state index in [2.05, 4.69) is 70.0 Å². The molecule has 2 saturated heterocycles. The van der Waals surface area contributed by atoms with Gasteiger partial charge < -0.3 is 20.9 Å². The van der Waals surface area contributed by atoms with Gasteiger partial charge in [0.05, 0.1) is 4.90 Å². The summed E-state index contributed by atoms with van der Waals surface area (Å²) in [5.41, 5.74) is 4.84. The summed E-state index contributed by atoms with van der Waals surface area (Å²) in [7, 11) is -3.69. The van der Waals surface area contributed by atoms with Crippen LogP contribution in [0, 0.1) is 6.92 Å². The largest absolute Gasteiger partial charge is 0.374 e. The number of carbonyl (C=O) groups is 2. The topological polar surface area (TPSA) is 161 Å². The molecule has 3 aromatic carbocycles. The van der Waals surface area contributed by atoms with Crippen LogP contribution in [0.2, 0.25) is 0 Å². The van der Waals surface area contributed by atoms with Crippen molar-refractivity contribution in [1.29, 1.82) is 0 Å². The number of piperazine rings is 1. The maximum Gasteiger partial charge on any atom is 0.249 e. The van der Waals surface area contributed by atoms with Crippen molar-refractivity contribution in [3.63, 3.8) is 0 Å². The summed E-state index contributed by atoms with van der Waals surface area (Å²) in [4.78, 5) is 37.7. The second kappa shape index (κ2) is 15.1. The van der Waals surface area contributed by atoms with Crippen LogP contribution in [0.25, 0.3) is 0 Å². The van der Waals surface area contributed by atoms with Crippen LogP contribution < -0.4 is 30.9 Å². The molecule has 2 amide bonds. The molecule has 268 valence electrons. The fraction of sp³-hybridized carbons (Fsp3) is 0.351. The molecule has 1 unspecified atom stereocenters. The third-order valence-corrected chi connectivity index (χ3v) is 10.3. The normalized spacial score (nSPS) is 17.2. The highest BCUT2D eigenvalue weighted by Crippen LogP contribution is 2.26. The Labute approximate surface area is 299 Å². The molecule has 5 N–H and O–H groups in total. The van der Waals surface area contributed by atoms with Crippen LogP contribution in [0.3, 0.4) is 0 Å². The van der Waals surface area contributed by atoms with Gasteiger partial charge in [-0.25, -0.2) is 18.1 Å². The van der Waals surface area contributed by atoms with Crippen LogP contribution in [0.4, 0.5) is 34.5 Å². The van der Waals surface area contributed by atoms with Crippen LogP contribution in [0.15, 0.2) is 83.9 Å². The zero-order valence-electron chi connectivity index (χ0n) is 29.4. The van der Waals surface area contributed by atoms with E-state index >= 15 is 0 Å². The van der Waals surface area contributed by atoms with Crippen molar-refractivity contribution < 1.29 is 18.0 Å². The summed E-state index contributed by atoms with van der Waals surface area (Å²) in [6.07, 6.45) is 2.56. The van der Waals surface area contributed by atoms with Crippen LogP contribution in [-0.2, 0) is 26.2 Å². The molecule has 0 saturated carbocycles. The second-order valence-electron chi connectivity index (χ2n) is 14.0. The molecule has 0 bridgehead atoms. The van der Waals surface area contributed by atoms with Gasteiger partial charge in [-0.2, -0.15) is 4.98 Å². The van der Waals surface area contributed by atoms with E-state index in [1.165, 1.54) is 5.56 Å². The molecule has 0 aliphatic carbocycles. The van der Waals surface area contributed by atoms with Gasteiger partial charge in [0.1, 0.15) is 11.9 Å². The number of imide groups is 1. The van der Waals surface area contributed by atoms with Gasteiger partial charge in [-0.3, -0.25) is 19.8 Å². The molecule has 2 fully saturated rings. The van der Waals surface area contributed by atoms with Crippen molar-refractivity contribution in [2.24, 2.45) is 0 Å². The Kier molecular flexibility index (Phi) is 10.6. The molecule has 14 heteroatoms. The smallest absolute Gasteiger partial charge is 0.249 e. The van der Waals surface area contributed by atoms with Crippen molar-refractivity contribution in [1.82, 2.24) is 24.9 Å². The minimum absolute atomic E-state index is 0.167. The van der Waals surface area contributed by atoms with Crippen LogP contribution in [0.1, 0.15) is 44.7 Å². The molecule has 0 radical (unpaired) electrons. The molecule has 2 aliphatic heterocycles. The number of aryl methyl sites for hydroxylation is 1. The number of aromatic nitrogens is 2. The standard InChI is InChI=1S/C37H45N9O4S/c1-25-23-38-36(43-34(25)40-29-9-6-10-31(22-29)51(49,50)44-37(2,3)4)41-27-11-13-30(14-12-27)46-19-17-45(18-20-46)24-26-7-5-8-28(21-26)39-32-15-16-33(47)42-35(32)48/h5-14,21-23,32,39,44H,15-20,24H2,1-4H3,(H,42,47,48)(H2,38,40,41,43). The molecular formula is C37H45N9O4S. The van der Waals surface area contributed by atoms with Gasteiger partial charge in [0, 0.05) is 79.2 Å². The summed E-state index contributed by atoms with van der Waals surface area (Å²) in [5, 5.41) is 12.2. The Balaban J connectivity index is 1.01. The zero-order chi connectivity index (χ0) is 36.2. The third-order valence-electron chi connectivity index (χ3n) is 8.59. The summed E-state index contributed by atoms with van der Waals surface area (Å²) in [6.45, 7) is 11.7. The lowest BCUT2D eigenvalue weighted by Gasteiger charge is -2.36. The number of carbonyl (C=O) groups excluding carboxylic acids is 2. The Morgan fingerprint density at radius 3 is 2.33 bits per heavy atom. The molecular weight excluding hydrogens is 667 g/mol. The summed E-state index contributed by atoms with van der Waals surface area (Å²) in [6, 6.07) is 22.6. The van der Waals surface area contributed by atoms with E-state index in [0.717, 1.165) is 55.3 Å².